The molecule has 1 aliphatic rings. The molecular formula is C21H18N2O6S. The maximum Gasteiger partial charge on any atom is 0.277 e. The van der Waals surface area contributed by atoms with Crippen LogP contribution >= 0.6 is 0 Å². The van der Waals surface area contributed by atoms with Gasteiger partial charge in [-0.15, -0.1) is 0 Å². The van der Waals surface area contributed by atoms with Gasteiger partial charge in [0, 0.05) is 12.6 Å². The fourth-order valence-corrected chi connectivity index (χ4v) is 4.97. The summed E-state index contributed by atoms with van der Waals surface area (Å²) in [6.07, 6.45) is 1.10. The molecule has 2 heterocycles. The Morgan fingerprint density at radius 3 is 2.60 bits per heavy atom. The van der Waals surface area contributed by atoms with E-state index in [0.29, 0.717) is 20.8 Å². The van der Waals surface area contributed by atoms with E-state index in [1.165, 1.54) is 18.2 Å². The smallest absolute Gasteiger partial charge is 0.277 e. The maximum atomic E-state index is 12.9. The number of sulfonamides is 1. The van der Waals surface area contributed by atoms with Crippen LogP contribution in [-0.2, 0) is 14.8 Å². The first-order valence-electron chi connectivity index (χ1n) is 8.98. The fourth-order valence-electron chi connectivity index (χ4n) is 3.57. The molecule has 0 bridgehead atoms. The second-order valence-corrected chi connectivity index (χ2v) is 8.99. The Morgan fingerprint density at radius 1 is 1.17 bits per heavy atom. The molecule has 0 saturated carbocycles. The minimum atomic E-state index is -4.04. The first-order chi connectivity index (χ1) is 14.1. The molecular weight excluding hydrogens is 408 g/mol. The number of rotatable bonds is 2. The van der Waals surface area contributed by atoms with Crippen LogP contribution in [0.5, 0.6) is 0 Å². The quantitative estimate of drug-likeness (QED) is 0.651. The number of hydrogen-bond acceptors (Lipinski definition) is 6. The van der Waals surface area contributed by atoms with Crippen molar-refractivity contribution in [3.05, 3.63) is 75.3 Å². The summed E-state index contributed by atoms with van der Waals surface area (Å²) >= 11 is 0. The number of aliphatic hydroxyl groups excluding tert-OH is 1. The third-order valence-corrected chi connectivity index (χ3v) is 6.82. The van der Waals surface area contributed by atoms with Crippen LogP contribution in [-0.4, -0.2) is 30.8 Å². The van der Waals surface area contributed by atoms with Crippen molar-refractivity contribution in [2.45, 2.75) is 18.7 Å². The lowest BCUT2D eigenvalue weighted by Gasteiger charge is -2.28. The Kier molecular flexibility index (Phi) is 4.43. The van der Waals surface area contributed by atoms with E-state index in [9.17, 15) is 23.1 Å². The van der Waals surface area contributed by atoms with Crippen LogP contribution in [0.25, 0.3) is 16.7 Å². The number of nitrogens with one attached hydrogen (secondary N) is 1. The van der Waals surface area contributed by atoms with E-state index in [2.05, 4.69) is 5.32 Å². The Balaban J connectivity index is 1.82. The summed E-state index contributed by atoms with van der Waals surface area (Å²) < 4.78 is 31.7. The zero-order valence-electron chi connectivity index (χ0n) is 16.4. The number of aliphatic hydroxyl groups is 1. The Morgan fingerprint density at radius 2 is 1.87 bits per heavy atom. The normalized spacial score (nSPS) is 15.2. The summed E-state index contributed by atoms with van der Waals surface area (Å²) in [5.41, 5.74) is 0.870. The largest absolute Gasteiger partial charge is 0.505 e. The molecule has 2 N–H and O–H groups in total. The molecule has 9 heteroatoms. The van der Waals surface area contributed by atoms with Crippen molar-refractivity contribution in [1.29, 1.82) is 0 Å². The number of nitrogens with zero attached hydrogens (tertiary/aromatic N) is 1. The minimum Gasteiger partial charge on any atom is -0.505 e. The van der Waals surface area contributed by atoms with Crippen LogP contribution in [0.1, 0.15) is 16.7 Å². The van der Waals surface area contributed by atoms with Gasteiger partial charge in [-0.2, -0.15) is 0 Å². The van der Waals surface area contributed by atoms with E-state index in [1.54, 1.807) is 19.1 Å². The van der Waals surface area contributed by atoms with Gasteiger partial charge in [0.05, 0.1) is 10.3 Å². The first-order valence-corrected chi connectivity index (χ1v) is 10.4. The highest BCUT2D eigenvalue weighted by Crippen LogP contribution is 2.34. The lowest BCUT2D eigenvalue weighted by atomic mass is 10.1. The van der Waals surface area contributed by atoms with Crippen LogP contribution in [0.3, 0.4) is 0 Å². The molecule has 0 aliphatic carbocycles. The zero-order chi connectivity index (χ0) is 21.8. The Hall–Kier alpha value is -3.59. The van der Waals surface area contributed by atoms with Crippen molar-refractivity contribution in [3.63, 3.8) is 0 Å². The highest BCUT2D eigenvalue weighted by atomic mass is 32.2. The van der Waals surface area contributed by atoms with Crippen LogP contribution < -0.4 is 10.7 Å². The molecule has 154 valence electrons. The van der Waals surface area contributed by atoms with Gasteiger partial charge < -0.3 is 14.8 Å². The van der Waals surface area contributed by atoms with E-state index >= 15 is 0 Å². The average molecular weight is 426 g/mol. The number of likely N-dealkylation sites (N-methyl/N-ethyl adjacent to an activating group) is 1. The lowest BCUT2D eigenvalue weighted by molar-refractivity contribution is -0.113. The van der Waals surface area contributed by atoms with Gasteiger partial charge in [-0.05, 0) is 43.2 Å². The summed E-state index contributed by atoms with van der Waals surface area (Å²) in [5, 5.41) is 13.3. The average Bonchev–Trinajstić information content (AvgIpc) is 2.68. The number of fused-ring (bicyclic) bond motifs is 2. The van der Waals surface area contributed by atoms with Gasteiger partial charge in [0.2, 0.25) is 5.43 Å². The van der Waals surface area contributed by atoms with Gasteiger partial charge in [-0.25, -0.2) is 8.42 Å². The summed E-state index contributed by atoms with van der Waals surface area (Å²) in [5.74, 6) is -1.46. The van der Waals surface area contributed by atoms with Gasteiger partial charge in [-0.1, -0.05) is 18.2 Å². The van der Waals surface area contributed by atoms with Crippen molar-refractivity contribution in [2.24, 2.45) is 0 Å². The topological polar surface area (TPSA) is 117 Å². The van der Waals surface area contributed by atoms with Crippen LogP contribution in [0, 0.1) is 13.8 Å². The van der Waals surface area contributed by atoms with Gasteiger partial charge in [-0.3, -0.25) is 13.9 Å². The van der Waals surface area contributed by atoms with E-state index in [1.807, 2.05) is 13.0 Å². The Bertz CT molecular complexity index is 1420. The van der Waals surface area contributed by atoms with Crippen molar-refractivity contribution < 1.29 is 22.7 Å². The molecule has 1 aliphatic heterocycles. The van der Waals surface area contributed by atoms with Crippen LogP contribution in [0.2, 0.25) is 0 Å². The third kappa shape index (κ3) is 2.86. The highest BCUT2D eigenvalue weighted by molar-refractivity contribution is 7.89. The molecule has 0 saturated heterocycles. The molecule has 0 unspecified atom stereocenters. The molecule has 0 fully saturated rings. The van der Waals surface area contributed by atoms with Crippen molar-refractivity contribution >= 4 is 38.3 Å². The number of amides is 1. The predicted molar refractivity (Wildman–Crippen MR) is 112 cm³/mol. The van der Waals surface area contributed by atoms with Gasteiger partial charge in [0.25, 0.3) is 15.9 Å². The molecule has 1 amide bonds. The number of carbonyl (C=O) groups excluding carboxylic acids is 1. The lowest BCUT2D eigenvalue weighted by Crippen LogP contribution is -2.37. The van der Waals surface area contributed by atoms with E-state index in [4.69, 9.17) is 4.42 Å². The van der Waals surface area contributed by atoms with E-state index in [0.717, 1.165) is 18.9 Å². The first kappa shape index (κ1) is 19.7. The summed E-state index contributed by atoms with van der Waals surface area (Å²) in [7, 11) is -2.88. The number of hydrogen-bond donors (Lipinski definition) is 2. The van der Waals surface area contributed by atoms with E-state index in [-0.39, 0.29) is 16.1 Å². The van der Waals surface area contributed by atoms with Crippen molar-refractivity contribution in [3.8, 4) is 0 Å². The fraction of sp³-hybridized carbons (Fsp3) is 0.143. The van der Waals surface area contributed by atoms with Gasteiger partial charge in [0.15, 0.2) is 11.5 Å². The number of carbonyl (C=O) groups is 1. The molecule has 0 spiro atoms. The zero-order valence-corrected chi connectivity index (χ0v) is 17.2. The van der Waals surface area contributed by atoms with Gasteiger partial charge >= 0.3 is 0 Å². The number of anilines is 1. The Labute approximate surface area is 172 Å². The summed E-state index contributed by atoms with van der Waals surface area (Å²) in [6.45, 7) is 3.62. The molecule has 4 rings (SSSR count). The molecule has 2 aromatic carbocycles. The molecule has 8 nitrogen and oxygen atoms in total. The van der Waals surface area contributed by atoms with Gasteiger partial charge in [0.1, 0.15) is 17.5 Å². The molecule has 1 aromatic heterocycles. The molecule has 3 aromatic rings. The molecule has 30 heavy (non-hydrogen) atoms. The summed E-state index contributed by atoms with van der Waals surface area (Å²) in [4.78, 5) is 25.7. The van der Waals surface area contributed by atoms with Crippen LogP contribution in [0.4, 0.5) is 5.69 Å². The molecule has 0 atom stereocenters. The highest BCUT2D eigenvalue weighted by Gasteiger charge is 2.38. The third-order valence-electron chi connectivity index (χ3n) is 5.00. The minimum absolute atomic E-state index is 0.0117. The predicted octanol–water partition coefficient (Wildman–Crippen LogP) is 2.91. The summed E-state index contributed by atoms with van der Waals surface area (Å²) in [6, 6.07) is 9.34. The standard InChI is InChI=1S/C21H18N2O6S/c1-11-8-12(2)17-15(9-11)29-10-14(20(17)25)22-21(26)18-19(24)13-6-4-5-7-16(13)30(27,28)23(18)3/h4-10,24H,1-3H3,(H,22,26). The van der Waals surface area contributed by atoms with Crippen LogP contribution in [0.15, 0.2) is 62.5 Å². The SMILES string of the molecule is Cc1cc(C)c2c(=O)c(NC(=O)C3=C(O)c4ccccc4S(=O)(=O)N3C)coc2c1. The van der Waals surface area contributed by atoms with Crippen molar-refractivity contribution in [2.75, 3.05) is 12.4 Å². The van der Waals surface area contributed by atoms with E-state index < -0.39 is 32.8 Å². The number of aryl methyl sites for hydroxylation is 2. The number of benzene rings is 2. The maximum absolute atomic E-state index is 12.9. The second-order valence-electron chi connectivity index (χ2n) is 7.05. The van der Waals surface area contributed by atoms with Crippen molar-refractivity contribution in [1.82, 2.24) is 4.31 Å². The second kappa shape index (κ2) is 6.74. The molecule has 0 radical (unpaired) electrons. The monoisotopic (exact) mass is 426 g/mol.